The van der Waals surface area contributed by atoms with Crippen LogP contribution in [0.2, 0.25) is 0 Å². The number of hydrogen-bond acceptors (Lipinski definition) is 5. The fourth-order valence-corrected chi connectivity index (χ4v) is 3.15. The molecule has 0 saturated carbocycles. The molecule has 2 aliphatic rings. The lowest BCUT2D eigenvalue weighted by Crippen LogP contribution is -2.27. The van der Waals surface area contributed by atoms with E-state index in [-0.39, 0.29) is 30.8 Å². The van der Waals surface area contributed by atoms with Crippen molar-refractivity contribution in [3.63, 3.8) is 0 Å². The molecular weight excluding hydrogens is 324 g/mol. The summed E-state index contributed by atoms with van der Waals surface area (Å²) in [6, 6.07) is 8.61. The maximum Gasteiger partial charge on any atom is 0.338 e. The lowest BCUT2D eigenvalue weighted by molar-refractivity contribution is -0.128. The second-order valence-electron chi connectivity index (χ2n) is 6.19. The van der Waals surface area contributed by atoms with Crippen molar-refractivity contribution in [3.05, 3.63) is 53.5 Å². The van der Waals surface area contributed by atoms with Gasteiger partial charge in [-0.25, -0.2) is 4.79 Å². The predicted molar refractivity (Wildman–Crippen MR) is 86.4 cm³/mol. The van der Waals surface area contributed by atoms with Crippen molar-refractivity contribution in [1.82, 2.24) is 4.90 Å². The van der Waals surface area contributed by atoms with Gasteiger partial charge in [-0.05, 0) is 30.3 Å². The highest BCUT2D eigenvalue weighted by Crippen LogP contribution is 2.25. The molecule has 3 heterocycles. The first kappa shape index (κ1) is 15.4. The number of likely N-dealkylation sites (tertiary alicyclic amines) is 1. The van der Waals surface area contributed by atoms with E-state index in [2.05, 4.69) is 5.32 Å². The number of carbonyl (C=O) groups is 3. The molecule has 7 nitrogen and oxygen atoms in total. The third-order valence-electron chi connectivity index (χ3n) is 4.46. The molecular formula is C18H16N2O5. The molecule has 25 heavy (non-hydrogen) atoms. The van der Waals surface area contributed by atoms with Crippen LogP contribution in [0.4, 0.5) is 5.69 Å². The van der Waals surface area contributed by atoms with Crippen molar-refractivity contribution >= 4 is 23.5 Å². The molecule has 1 aromatic heterocycles. The van der Waals surface area contributed by atoms with Crippen molar-refractivity contribution in [1.29, 1.82) is 0 Å². The number of nitrogens with zero attached hydrogens (tertiary/aromatic N) is 1. The standard InChI is InChI=1S/C18H16N2O5/c21-16-7-11(8-20(16)9-14-2-1-5-24-14)17(22)19-13-3-4-15-12(6-13)10-25-18(15)23/h1-6,11H,7-10H2,(H,19,22)/t11-/m1/s1. The van der Waals surface area contributed by atoms with Crippen molar-refractivity contribution in [2.75, 3.05) is 11.9 Å². The van der Waals surface area contributed by atoms with Gasteiger partial charge in [0.25, 0.3) is 0 Å². The lowest BCUT2D eigenvalue weighted by atomic mass is 10.1. The monoisotopic (exact) mass is 340 g/mol. The number of rotatable bonds is 4. The fraction of sp³-hybridized carbons (Fsp3) is 0.278. The Morgan fingerprint density at radius 3 is 2.96 bits per heavy atom. The first-order valence-electron chi connectivity index (χ1n) is 8.01. The average molecular weight is 340 g/mol. The Kier molecular flexibility index (Phi) is 3.76. The quantitative estimate of drug-likeness (QED) is 0.859. The molecule has 0 bridgehead atoms. The molecule has 2 amide bonds. The number of hydrogen-bond donors (Lipinski definition) is 1. The van der Waals surface area contributed by atoms with Crippen LogP contribution in [0, 0.1) is 5.92 Å². The second-order valence-corrected chi connectivity index (χ2v) is 6.19. The van der Waals surface area contributed by atoms with Gasteiger partial charge in [-0.2, -0.15) is 0 Å². The SMILES string of the molecule is O=C1OCc2cc(NC(=O)[C@@H]3CC(=O)N(Cc4ccco4)C3)ccc21. The van der Waals surface area contributed by atoms with Gasteiger partial charge in [0.05, 0.1) is 24.3 Å². The Hall–Kier alpha value is -3.09. The molecule has 0 aliphatic carbocycles. The molecule has 1 atom stereocenters. The minimum Gasteiger partial charge on any atom is -0.467 e. The van der Waals surface area contributed by atoms with Gasteiger partial charge in [0.15, 0.2) is 0 Å². The summed E-state index contributed by atoms with van der Waals surface area (Å²) in [5.41, 5.74) is 1.88. The Bertz CT molecular complexity index is 843. The van der Waals surface area contributed by atoms with Gasteiger partial charge in [0, 0.05) is 24.2 Å². The Labute approximate surface area is 143 Å². The first-order chi connectivity index (χ1) is 12.1. The molecule has 0 radical (unpaired) electrons. The largest absolute Gasteiger partial charge is 0.467 e. The molecule has 0 unspecified atom stereocenters. The van der Waals surface area contributed by atoms with E-state index in [0.717, 1.165) is 5.56 Å². The zero-order valence-corrected chi connectivity index (χ0v) is 13.4. The van der Waals surface area contributed by atoms with Gasteiger partial charge >= 0.3 is 5.97 Å². The normalized spacial score (nSPS) is 19.0. The first-order valence-corrected chi connectivity index (χ1v) is 8.01. The number of anilines is 1. The van der Waals surface area contributed by atoms with Crippen molar-refractivity contribution in [2.24, 2.45) is 5.92 Å². The number of fused-ring (bicyclic) bond motifs is 1. The maximum absolute atomic E-state index is 12.5. The van der Waals surface area contributed by atoms with E-state index in [9.17, 15) is 14.4 Å². The lowest BCUT2D eigenvalue weighted by Gasteiger charge is -2.15. The summed E-state index contributed by atoms with van der Waals surface area (Å²) >= 11 is 0. The van der Waals surface area contributed by atoms with Crippen LogP contribution in [-0.2, 0) is 27.5 Å². The van der Waals surface area contributed by atoms with Gasteiger partial charge in [-0.1, -0.05) is 0 Å². The predicted octanol–water partition coefficient (Wildman–Crippen LogP) is 1.94. The van der Waals surface area contributed by atoms with E-state index in [0.29, 0.717) is 30.1 Å². The summed E-state index contributed by atoms with van der Waals surface area (Å²) in [6.07, 6.45) is 1.74. The molecule has 0 spiro atoms. The second kappa shape index (κ2) is 6.08. The van der Waals surface area contributed by atoms with Crippen LogP contribution in [0.25, 0.3) is 0 Å². The molecule has 2 aromatic rings. The molecule has 7 heteroatoms. The average Bonchev–Trinajstić information content (AvgIpc) is 3.31. The van der Waals surface area contributed by atoms with E-state index in [1.807, 2.05) is 0 Å². The molecule has 1 fully saturated rings. The Morgan fingerprint density at radius 1 is 1.28 bits per heavy atom. The Balaban J connectivity index is 1.40. The zero-order valence-electron chi connectivity index (χ0n) is 13.4. The number of furan rings is 1. The molecule has 1 aromatic carbocycles. The highest BCUT2D eigenvalue weighted by Gasteiger charge is 2.34. The van der Waals surface area contributed by atoms with Gasteiger partial charge in [-0.3, -0.25) is 9.59 Å². The Morgan fingerprint density at radius 2 is 2.16 bits per heavy atom. The van der Waals surface area contributed by atoms with E-state index < -0.39 is 5.92 Å². The highest BCUT2D eigenvalue weighted by atomic mass is 16.5. The van der Waals surface area contributed by atoms with Crippen molar-refractivity contribution in [2.45, 2.75) is 19.6 Å². The van der Waals surface area contributed by atoms with E-state index in [1.54, 1.807) is 41.5 Å². The third kappa shape index (κ3) is 3.00. The number of ether oxygens (including phenoxy) is 1. The van der Waals surface area contributed by atoms with Crippen LogP contribution in [-0.4, -0.2) is 29.2 Å². The third-order valence-corrected chi connectivity index (χ3v) is 4.46. The molecule has 128 valence electrons. The van der Waals surface area contributed by atoms with Gasteiger partial charge in [0.1, 0.15) is 12.4 Å². The van der Waals surface area contributed by atoms with Crippen LogP contribution >= 0.6 is 0 Å². The molecule has 1 saturated heterocycles. The number of esters is 1. The minimum absolute atomic E-state index is 0.0653. The van der Waals surface area contributed by atoms with E-state index in [4.69, 9.17) is 9.15 Å². The maximum atomic E-state index is 12.5. The van der Waals surface area contributed by atoms with Crippen LogP contribution in [0.1, 0.15) is 28.1 Å². The van der Waals surface area contributed by atoms with Gasteiger partial charge in [0.2, 0.25) is 11.8 Å². The zero-order chi connectivity index (χ0) is 17.4. The topological polar surface area (TPSA) is 88.8 Å². The fourth-order valence-electron chi connectivity index (χ4n) is 3.15. The van der Waals surface area contributed by atoms with E-state index in [1.165, 1.54) is 0 Å². The van der Waals surface area contributed by atoms with Crippen molar-refractivity contribution in [3.8, 4) is 0 Å². The molecule has 2 aliphatic heterocycles. The van der Waals surface area contributed by atoms with Crippen LogP contribution in [0.3, 0.4) is 0 Å². The van der Waals surface area contributed by atoms with E-state index >= 15 is 0 Å². The highest BCUT2D eigenvalue weighted by molar-refractivity contribution is 5.98. The van der Waals surface area contributed by atoms with Crippen LogP contribution in [0.5, 0.6) is 0 Å². The van der Waals surface area contributed by atoms with Crippen molar-refractivity contribution < 1.29 is 23.5 Å². The summed E-state index contributed by atoms with van der Waals surface area (Å²) in [4.78, 5) is 37.6. The number of carbonyl (C=O) groups excluding carboxylic acids is 3. The summed E-state index contributed by atoms with van der Waals surface area (Å²) in [5, 5.41) is 2.82. The smallest absolute Gasteiger partial charge is 0.338 e. The molecule has 1 N–H and O–H groups in total. The summed E-state index contributed by atoms with van der Waals surface area (Å²) < 4.78 is 10.2. The van der Waals surface area contributed by atoms with Gasteiger partial charge < -0.3 is 19.4 Å². The number of cyclic esters (lactones) is 1. The molecule has 4 rings (SSSR count). The summed E-state index contributed by atoms with van der Waals surface area (Å²) in [7, 11) is 0. The summed E-state index contributed by atoms with van der Waals surface area (Å²) in [5.74, 6) is -0.334. The van der Waals surface area contributed by atoms with Crippen LogP contribution in [0.15, 0.2) is 41.0 Å². The van der Waals surface area contributed by atoms with Gasteiger partial charge in [-0.15, -0.1) is 0 Å². The number of benzene rings is 1. The van der Waals surface area contributed by atoms with Crippen LogP contribution < -0.4 is 5.32 Å². The number of nitrogens with one attached hydrogen (secondary N) is 1. The minimum atomic E-state index is -0.409. The summed E-state index contributed by atoms with van der Waals surface area (Å²) in [6.45, 7) is 0.947. The number of amides is 2.